The van der Waals surface area contributed by atoms with Crippen LogP contribution in [0.2, 0.25) is 6.55 Å². The summed E-state index contributed by atoms with van der Waals surface area (Å²) in [6.07, 6.45) is 5.50. The number of aromatic nitrogens is 4. The largest absolute Gasteiger partial charge is 0.497 e. The predicted molar refractivity (Wildman–Crippen MR) is 140 cm³/mol. The maximum absolute atomic E-state index is 5.94. The molecule has 0 unspecified atom stereocenters. The van der Waals surface area contributed by atoms with Gasteiger partial charge < -0.3 is 18.8 Å². The molecule has 0 aliphatic heterocycles. The number of aryl methyl sites for hydroxylation is 1. The average Bonchev–Trinajstić information content (AvgIpc) is 3.26. The van der Waals surface area contributed by atoms with Gasteiger partial charge in [0.2, 0.25) is 0 Å². The zero-order valence-corrected chi connectivity index (χ0v) is 22.1. The fourth-order valence-electron chi connectivity index (χ4n) is 3.49. The van der Waals surface area contributed by atoms with Gasteiger partial charge in [0.25, 0.3) is 6.54 Å². The highest BCUT2D eigenvalue weighted by Gasteiger charge is 2.15. The van der Waals surface area contributed by atoms with E-state index in [0.29, 0.717) is 13.2 Å². The number of hydrogen-bond donors (Lipinski definition) is 0. The second kappa shape index (κ2) is 10.5. The molecule has 4 aromatic rings. The number of nitrogens with zero attached hydrogens (tertiary/aromatic N) is 5. The maximum Gasteiger partial charge on any atom is 0.283 e. The Hall–Kier alpha value is -2.70. The van der Waals surface area contributed by atoms with Crippen molar-refractivity contribution in [1.29, 1.82) is 0 Å². The van der Waals surface area contributed by atoms with Gasteiger partial charge in [-0.3, -0.25) is 9.67 Å². The normalized spacial score (nSPS) is 11.2. The number of methoxy groups -OCH3 is 2. The molecule has 33 heavy (non-hydrogen) atoms. The fraction of sp³-hybridized carbons (Fsp3) is 0.261. The summed E-state index contributed by atoms with van der Waals surface area (Å²) in [7, 11) is 5.19. The van der Waals surface area contributed by atoms with E-state index in [2.05, 4.69) is 55.5 Å². The van der Waals surface area contributed by atoms with Crippen LogP contribution in [0.3, 0.4) is 0 Å². The topological polar surface area (TPSA) is 74.5 Å². The van der Waals surface area contributed by atoms with Crippen molar-refractivity contribution in [1.82, 2.24) is 19.7 Å². The van der Waals surface area contributed by atoms with E-state index < -0.39 is 6.54 Å². The first kappa shape index (κ1) is 23.5. The van der Waals surface area contributed by atoms with Crippen LogP contribution in [0.25, 0.3) is 22.3 Å². The van der Waals surface area contributed by atoms with Gasteiger partial charge in [-0.05, 0) is 24.7 Å². The molecule has 2 aromatic carbocycles. The lowest BCUT2D eigenvalue weighted by atomic mass is 10.2. The molecule has 2 heterocycles. The first-order valence-electron chi connectivity index (χ1n) is 10.3. The van der Waals surface area contributed by atoms with E-state index in [1.165, 1.54) is 0 Å². The molecular weight excluding hydrogens is 549 g/mol. The molecule has 0 aliphatic carbocycles. The SMILES string of the molecule is COc1cc(OC)cc(N(CCO[Si](C)I)c2ccc3ncc(-c4cnn(C)c4)nc3c2)c1. The van der Waals surface area contributed by atoms with Gasteiger partial charge in [0.05, 0.1) is 49.9 Å². The van der Waals surface area contributed by atoms with Crippen molar-refractivity contribution >= 4 is 50.7 Å². The molecule has 10 heteroatoms. The Labute approximate surface area is 207 Å². The molecule has 4 rings (SSSR count). The van der Waals surface area contributed by atoms with Crippen molar-refractivity contribution in [3.05, 3.63) is 55.0 Å². The molecule has 2 aromatic heterocycles. The first-order valence-corrected chi connectivity index (χ1v) is 15.4. The highest BCUT2D eigenvalue weighted by molar-refractivity contribution is 14.1. The van der Waals surface area contributed by atoms with Crippen LogP contribution in [0.4, 0.5) is 11.4 Å². The van der Waals surface area contributed by atoms with Gasteiger partial charge in [0.15, 0.2) is 0 Å². The third-order valence-corrected chi connectivity index (χ3v) is 6.64. The predicted octanol–water partition coefficient (Wildman–Crippen LogP) is 4.76. The molecule has 1 radical (unpaired) electrons. The van der Waals surface area contributed by atoms with Crippen molar-refractivity contribution in [3.8, 4) is 22.8 Å². The van der Waals surface area contributed by atoms with Gasteiger partial charge in [0, 0.05) is 54.9 Å². The minimum Gasteiger partial charge on any atom is -0.497 e. The number of benzene rings is 2. The summed E-state index contributed by atoms with van der Waals surface area (Å²) in [5.41, 5.74) is 5.29. The Morgan fingerprint density at radius 1 is 1.00 bits per heavy atom. The minimum atomic E-state index is -0.823. The molecule has 0 saturated heterocycles. The van der Waals surface area contributed by atoms with Gasteiger partial charge >= 0.3 is 0 Å². The van der Waals surface area contributed by atoms with Crippen molar-refractivity contribution in [2.24, 2.45) is 7.05 Å². The number of rotatable bonds is 9. The van der Waals surface area contributed by atoms with Crippen LogP contribution >= 0.6 is 21.8 Å². The number of ether oxygens (including phenoxy) is 2. The monoisotopic (exact) mass is 574 g/mol. The summed E-state index contributed by atoms with van der Waals surface area (Å²) in [6, 6.07) is 11.9. The van der Waals surface area contributed by atoms with E-state index in [1.807, 2.05) is 37.5 Å². The lowest BCUT2D eigenvalue weighted by molar-refractivity contribution is 0.347. The Morgan fingerprint density at radius 2 is 1.76 bits per heavy atom. The zero-order chi connectivity index (χ0) is 23.4. The number of hydrogen-bond acceptors (Lipinski definition) is 7. The zero-order valence-electron chi connectivity index (χ0n) is 18.9. The van der Waals surface area contributed by atoms with E-state index in [9.17, 15) is 0 Å². The van der Waals surface area contributed by atoms with Gasteiger partial charge in [0.1, 0.15) is 11.5 Å². The van der Waals surface area contributed by atoms with Crippen molar-refractivity contribution in [2.75, 3.05) is 32.3 Å². The lowest BCUT2D eigenvalue weighted by Gasteiger charge is -2.26. The second-order valence-electron chi connectivity index (χ2n) is 7.37. The van der Waals surface area contributed by atoms with Crippen LogP contribution in [0.5, 0.6) is 11.5 Å². The number of halogens is 1. The summed E-state index contributed by atoms with van der Waals surface area (Å²) in [4.78, 5) is 11.6. The molecule has 0 aliphatic rings. The van der Waals surface area contributed by atoms with E-state index in [-0.39, 0.29) is 0 Å². The van der Waals surface area contributed by atoms with Crippen LogP contribution in [-0.4, -0.2) is 53.7 Å². The summed E-state index contributed by atoms with van der Waals surface area (Å²) >= 11 is 2.36. The van der Waals surface area contributed by atoms with E-state index in [0.717, 1.165) is 45.2 Å². The molecule has 0 saturated carbocycles. The standard InChI is InChI=1S/C23H25IN5O3Si/c1-28-15-16(13-26-28)23-14-25-21-6-5-17(11-22(21)27-23)29(7-8-32-33(4)24)18-9-19(30-2)12-20(10-18)31-3/h5-6,9-15H,7-8H2,1-4H3. The van der Waals surface area contributed by atoms with Crippen molar-refractivity contribution in [2.45, 2.75) is 6.55 Å². The number of fused-ring (bicyclic) bond motifs is 1. The smallest absolute Gasteiger partial charge is 0.283 e. The molecule has 0 fully saturated rings. The third-order valence-electron chi connectivity index (χ3n) is 5.10. The van der Waals surface area contributed by atoms with Gasteiger partial charge in [-0.2, -0.15) is 5.10 Å². The average molecular weight is 574 g/mol. The van der Waals surface area contributed by atoms with Crippen LogP contribution in [0.15, 0.2) is 55.0 Å². The van der Waals surface area contributed by atoms with Gasteiger partial charge in [-0.15, -0.1) is 0 Å². The van der Waals surface area contributed by atoms with E-state index in [1.54, 1.807) is 31.3 Å². The van der Waals surface area contributed by atoms with E-state index in [4.69, 9.17) is 18.9 Å². The first-order chi connectivity index (χ1) is 16.0. The minimum absolute atomic E-state index is 0.604. The summed E-state index contributed by atoms with van der Waals surface area (Å²) in [5.74, 6) is 1.45. The van der Waals surface area contributed by atoms with Gasteiger partial charge in [-0.25, -0.2) is 4.98 Å². The van der Waals surface area contributed by atoms with Crippen LogP contribution in [0.1, 0.15) is 0 Å². The van der Waals surface area contributed by atoms with Crippen LogP contribution in [-0.2, 0) is 11.5 Å². The Balaban J connectivity index is 1.76. The Bertz CT molecular complexity index is 1230. The molecule has 171 valence electrons. The van der Waals surface area contributed by atoms with Crippen LogP contribution < -0.4 is 14.4 Å². The molecule has 0 spiro atoms. The molecular formula is C23H25IN5O3Si. The molecule has 0 N–H and O–H groups in total. The maximum atomic E-state index is 5.94. The summed E-state index contributed by atoms with van der Waals surface area (Å²) in [5, 5.41) is 4.24. The highest BCUT2D eigenvalue weighted by atomic mass is 127. The van der Waals surface area contributed by atoms with Crippen molar-refractivity contribution in [3.63, 3.8) is 0 Å². The molecule has 0 bridgehead atoms. The van der Waals surface area contributed by atoms with E-state index >= 15 is 0 Å². The third kappa shape index (κ3) is 5.62. The quantitative estimate of drug-likeness (QED) is 0.162. The lowest BCUT2D eigenvalue weighted by Crippen LogP contribution is -2.24. The molecule has 0 atom stereocenters. The summed E-state index contributed by atoms with van der Waals surface area (Å²) in [6.45, 7) is 2.57. The highest BCUT2D eigenvalue weighted by Crippen LogP contribution is 2.34. The molecule has 8 nitrogen and oxygen atoms in total. The Morgan fingerprint density at radius 3 is 2.39 bits per heavy atom. The van der Waals surface area contributed by atoms with Gasteiger partial charge in [-0.1, -0.05) is 21.8 Å². The molecule has 0 amide bonds. The number of anilines is 2. The van der Waals surface area contributed by atoms with Crippen molar-refractivity contribution < 1.29 is 13.9 Å². The summed E-state index contributed by atoms with van der Waals surface area (Å²) < 4.78 is 18.7. The second-order valence-corrected chi connectivity index (χ2v) is 13.2. The fourth-order valence-corrected chi connectivity index (χ4v) is 4.53. The Kier molecular flexibility index (Phi) is 7.45. The van der Waals surface area contributed by atoms with Crippen LogP contribution in [0, 0.1) is 0 Å².